The second-order valence-corrected chi connectivity index (χ2v) is 8.11. The molecule has 31 heavy (non-hydrogen) atoms. The SMILES string of the molecule is Cc1cc(C)c(-c2nc(C3(c4ccc(-c5cnc(N)nc5)cc4)CCC3)no2)c(=O)[nH]1. The maximum absolute atomic E-state index is 12.5. The van der Waals surface area contributed by atoms with Crippen molar-refractivity contribution in [1.29, 1.82) is 0 Å². The lowest BCUT2D eigenvalue weighted by Gasteiger charge is -2.39. The monoisotopic (exact) mass is 414 g/mol. The smallest absolute Gasteiger partial charge is 0.263 e. The Balaban J connectivity index is 1.50. The Morgan fingerprint density at radius 2 is 1.77 bits per heavy atom. The van der Waals surface area contributed by atoms with Gasteiger partial charge in [-0.25, -0.2) is 9.97 Å². The number of aryl methyl sites for hydroxylation is 2. The molecular formula is C23H22N6O2. The summed E-state index contributed by atoms with van der Waals surface area (Å²) in [7, 11) is 0. The molecule has 1 saturated carbocycles. The van der Waals surface area contributed by atoms with Crippen LogP contribution in [0.5, 0.6) is 0 Å². The zero-order valence-electron chi connectivity index (χ0n) is 17.3. The number of H-pyrrole nitrogens is 1. The van der Waals surface area contributed by atoms with Crippen molar-refractivity contribution in [2.45, 2.75) is 38.5 Å². The van der Waals surface area contributed by atoms with Crippen molar-refractivity contribution >= 4 is 5.95 Å². The molecule has 0 spiro atoms. The second-order valence-electron chi connectivity index (χ2n) is 8.11. The number of benzene rings is 1. The Bertz CT molecular complexity index is 1300. The van der Waals surface area contributed by atoms with Gasteiger partial charge < -0.3 is 15.2 Å². The number of hydrogen-bond donors (Lipinski definition) is 2. The van der Waals surface area contributed by atoms with Crippen LogP contribution in [0.1, 0.15) is 41.9 Å². The number of nitrogen functional groups attached to an aromatic ring is 1. The highest BCUT2D eigenvalue weighted by atomic mass is 16.5. The molecule has 3 heterocycles. The number of rotatable bonds is 4. The number of aromatic amines is 1. The molecule has 8 nitrogen and oxygen atoms in total. The van der Waals surface area contributed by atoms with Gasteiger partial charge >= 0.3 is 0 Å². The molecule has 0 saturated heterocycles. The number of anilines is 1. The summed E-state index contributed by atoms with van der Waals surface area (Å²) in [5.41, 5.74) is 10.1. The van der Waals surface area contributed by atoms with Crippen molar-refractivity contribution in [3.8, 4) is 22.6 Å². The van der Waals surface area contributed by atoms with Gasteiger partial charge in [-0.05, 0) is 49.4 Å². The van der Waals surface area contributed by atoms with E-state index in [1.807, 2.05) is 32.0 Å². The molecule has 3 N–H and O–H groups in total. The molecule has 8 heteroatoms. The minimum atomic E-state index is -0.302. The standard InChI is InChI=1S/C23H22N6O2/c1-13-10-14(2)27-19(30)18(13)20-28-21(29-31-20)23(8-3-9-23)17-6-4-15(5-7-17)16-11-25-22(24)26-12-16/h4-7,10-12H,3,8-9H2,1-2H3,(H,27,30)(H2,24,25,26). The predicted molar refractivity (Wildman–Crippen MR) is 116 cm³/mol. The van der Waals surface area contributed by atoms with Crippen LogP contribution in [0, 0.1) is 13.8 Å². The van der Waals surface area contributed by atoms with Gasteiger partial charge in [0.15, 0.2) is 5.82 Å². The normalized spacial score (nSPS) is 14.9. The largest absolute Gasteiger partial charge is 0.368 e. The van der Waals surface area contributed by atoms with Crippen LogP contribution in [-0.2, 0) is 5.41 Å². The topological polar surface area (TPSA) is 124 Å². The number of aromatic nitrogens is 5. The Morgan fingerprint density at radius 3 is 2.39 bits per heavy atom. The van der Waals surface area contributed by atoms with Gasteiger partial charge in [0, 0.05) is 23.7 Å². The minimum Gasteiger partial charge on any atom is -0.368 e. The van der Waals surface area contributed by atoms with E-state index in [1.165, 1.54) is 0 Å². The van der Waals surface area contributed by atoms with Crippen molar-refractivity contribution in [2.24, 2.45) is 0 Å². The minimum absolute atomic E-state index is 0.217. The summed E-state index contributed by atoms with van der Waals surface area (Å²) in [5, 5.41) is 4.29. The van der Waals surface area contributed by atoms with Crippen LogP contribution < -0.4 is 11.3 Å². The average molecular weight is 414 g/mol. The van der Waals surface area contributed by atoms with Crippen molar-refractivity contribution < 1.29 is 4.52 Å². The number of hydrogen-bond acceptors (Lipinski definition) is 7. The molecule has 1 aliphatic carbocycles. The zero-order chi connectivity index (χ0) is 21.6. The quantitative estimate of drug-likeness (QED) is 0.523. The molecule has 0 amide bonds. The summed E-state index contributed by atoms with van der Waals surface area (Å²) in [5.74, 6) is 1.14. The second kappa shape index (κ2) is 7.16. The first-order chi connectivity index (χ1) is 15.0. The van der Waals surface area contributed by atoms with Crippen LogP contribution in [0.3, 0.4) is 0 Å². The van der Waals surface area contributed by atoms with Gasteiger partial charge in [-0.15, -0.1) is 0 Å². The fraction of sp³-hybridized carbons (Fsp3) is 0.261. The highest BCUT2D eigenvalue weighted by molar-refractivity contribution is 5.63. The van der Waals surface area contributed by atoms with Gasteiger partial charge in [0.2, 0.25) is 5.95 Å². The lowest BCUT2D eigenvalue weighted by Crippen LogP contribution is -2.36. The Hall–Kier alpha value is -3.81. The third-order valence-electron chi connectivity index (χ3n) is 6.08. The van der Waals surface area contributed by atoms with E-state index >= 15 is 0 Å². The van der Waals surface area contributed by atoms with Gasteiger partial charge in [0.1, 0.15) is 5.56 Å². The van der Waals surface area contributed by atoms with Gasteiger partial charge in [0.05, 0.1) is 5.41 Å². The van der Waals surface area contributed by atoms with Crippen molar-refractivity contribution in [2.75, 3.05) is 5.73 Å². The Morgan fingerprint density at radius 1 is 1.06 bits per heavy atom. The molecule has 0 aliphatic heterocycles. The fourth-order valence-electron chi connectivity index (χ4n) is 4.28. The summed E-state index contributed by atoms with van der Waals surface area (Å²) in [6, 6.07) is 10.2. The molecule has 4 aromatic rings. The van der Waals surface area contributed by atoms with Crippen LogP contribution in [0.4, 0.5) is 5.95 Å². The van der Waals surface area contributed by atoms with Crippen molar-refractivity contribution in [3.05, 3.63) is 75.7 Å². The van der Waals surface area contributed by atoms with Gasteiger partial charge in [-0.3, -0.25) is 4.79 Å². The number of nitrogens with two attached hydrogens (primary N) is 1. The molecule has 1 aliphatic rings. The molecular weight excluding hydrogens is 392 g/mol. The summed E-state index contributed by atoms with van der Waals surface area (Å²) in [4.78, 5) is 28.1. The summed E-state index contributed by atoms with van der Waals surface area (Å²) >= 11 is 0. The first-order valence-electron chi connectivity index (χ1n) is 10.2. The average Bonchev–Trinajstić information content (AvgIpc) is 3.17. The van der Waals surface area contributed by atoms with Crippen molar-refractivity contribution in [3.63, 3.8) is 0 Å². The van der Waals surface area contributed by atoms with E-state index in [0.717, 1.165) is 47.2 Å². The van der Waals surface area contributed by atoms with Crippen molar-refractivity contribution in [1.82, 2.24) is 25.1 Å². The molecule has 5 rings (SSSR count). The van der Waals surface area contributed by atoms with Crippen LogP contribution in [0.2, 0.25) is 0 Å². The van der Waals surface area contributed by atoms with Crippen LogP contribution in [-0.4, -0.2) is 25.1 Å². The maximum atomic E-state index is 12.5. The molecule has 0 radical (unpaired) electrons. The third-order valence-corrected chi connectivity index (χ3v) is 6.08. The number of nitrogens with zero attached hydrogens (tertiary/aromatic N) is 4. The number of pyridine rings is 1. The Labute approximate surface area is 178 Å². The van der Waals surface area contributed by atoms with E-state index in [2.05, 4.69) is 37.2 Å². The van der Waals surface area contributed by atoms with E-state index in [9.17, 15) is 4.79 Å². The third kappa shape index (κ3) is 3.20. The zero-order valence-corrected chi connectivity index (χ0v) is 17.3. The molecule has 0 atom stereocenters. The molecule has 1 fully saturated rings. The molecule has 0 bridgehead atoms. The van der Waals surface area contributed by atoms with Gasteiger partial charge in [-0.1, -0.05) is 35.8 Å². The molecule has 156 valence electrons. The molecule has 3 aromatic heterocycles. The number of nitrogens with one attached hydrogen (secondary N) is 1. The first-order valence-corrected chi connectivity index (χ1v) is 10.2. The summed E-state index contributed by atoms with van der Waals surface area (Å²) in [6.45, 7) is 3.72. The van der Waals surface area contributed by atoms with Gasteiger partial charge in [0.25, 0.3) is 11.4 Å². The lowest BCUT2D eigenvalue weighted by molar-refractivity contribution is 0.273. The predicted octanol–water partition coefficient (Wildman–Crippen LogP) is 3.55. The summed E-state index contributed by atoms with van der Waals surface area (Å²) in [6.07, 6.45) is 6.37. The van der Waals surface area contributed by atoms with E-state index in [0.29, 0.717) is 11.4 Å². The summed E-state index contributed by atoms with van der Waals surface area (Å²) < 4.78 is 5.55. The van der Waals surface area contributed by atoms with Crippen LogP contribution in [0.15, 0.2) is 52.0 Å². The maximum Gasteiger partial charge on any atom is 0.263 e. The Kier molecular flexibility index (Phi) is 4.43. The lowest BCUT2D eigenvalue weighted by atomic mass is 9.64. The first kappa shape index (κ1) is 19.2. The van der Waals surface area contributed by atoms with Gasteiger partial charge in [-0.2, -0.15) is 4.98 Å². The van der Waals surface area contributed by atoms with Crippen LogP contribution >= 0.6 is 0 Å². The van der Waals surface area contributed by atoms with E-state index in [-0.39, 0.29) is 22.8 Å². The van der Waals surface area contributed by atoms with E-state index < -0.39 is 0 Å². The molecule has 0 unspecified atom stereocenters. The van der Waals surface area contributed by atoms with E-state index in [4.69, 9.17) is 10.3 Å². The highest BCUT2D eigenvalue weighted by Crippen LogP contribution is 2.48. The highest BCUT2D eigenvalue weighted by Gasteiger charge is 2.44. The van der Waals surface area contributed by atoms with Crippen LogP contribution in [0.25, 0.3) is 22.6 Å². The fourth-order valence-corrected chi connectivity index (χ4v) is 4.28. The van der Waals surface area contributed by atoms with E-state index in [1.54, 1.807) is 12.4 Å². The molecule has 1 aromatic carbocycles.